The molecule has 1 spiro atoms. The van der Waals surface area contributed by atoms with Gasteiger partial charge in [-0.2, -0.15) is 0 Å². The Labute approximate surface area is 300 Å². The van der Waals surface area contributed by atoms with Crippen molar-refractivity contribution in [3.8, 4) is 27.9 Å². The highest BCUT2D eigenvalue weighted by Gasteiger charge is 2.54. The van der Waals surface area contributed by atoms with Gasteiger partial charge in [-0.15, -0.1) is 0 Å². The molecule has 0 unspecified atom stereocenters. The van der Waals surface area contributed by atoms with Crippen molar-refractivity contribution < 1.29 is 4.42 Å². The van der Waals surface area contributed by atoms with Gasteiger partial charge in [-0.1, -0.05) is 150 Å². The smallest absolute Gasteiger partial charge is 0.243 e. The molecule has 2 nitrogen and oxygen atoms in total. The minimum Gasteiger partial charge on any atom is -0.456 e. The van der Waals surface area contributed by atoms with Gasteiger partial charge in [0.2, 0.25) is 6.71 Å². The Hall–Kier alpha value is -6.58. The number of hydrogen-bond donors (Lipinski definition) is 0. The maximum atomic E-state index is 6.37. The molecule has 2 aliphatic heterocycles. The van der Waals surface area contributed by atoms with Crippen LogP contribution < -0.4 is 16.4 Å². The summed E-state index contributed by atoms with van der Waals surface area (Å²) < 4.78 is 8.83. The average Bonchev–Trinajstić information content (AvgIpc) is 3.93. The maximum absolute atomic E-state index is 6.37. The molecule has 8 aromatic carbocycles. The van der Waals surface area contributed by atoms with Gasteiger partial charge in [0.25, 0.3) is 0 Å². The fraction of sp³-hybridized carbons (Fsp3) is 0.0204. The van der Waals surface area contributed by atoms with Crippen molar-refractivity contribution in [2.24, 2.45) is 0 Å². The average molecular weight is 658 g/mol. The summed E-state index contributed by atoms with van der Waals surface area (Å²) >= 11 is 0. The highest BCUT2D eigenvalue weighted by molar-refractivity contribution is 7.00. The van der Waals surface area contributed by atoms with Gasteiger partial charge in [0.1, 0.15) is 11.2 Å². The summed E-state index contributed by atoms with van der Waals surface area (Å²) in [5.41, 5.74) is 20.2. The second kappa shape index (κ2) is 9.40. The normalized spacial score (nSPS) is 14.3. The Morgan fingerprint density at radius 3 is 1.94 bits per heavy atom. The molecule has 238 valence electrons. The van der Waals surface area contributed by atoms with E-state index < -0.39 is 0 Å². The predicted molar refractivity (Wildman–Crippen MR) is 215 cm³/mol. The zero-order chi connectivity index (χ0) is 33.7. The lowest BCUT2D eigenvalue weighted by Crippen LogP contribution is -2.59. The van der Waals surface area contributed by atoms with Crippen LogP contribution >= 0.6 is 0 Å². The number of para-hydroxylation sites is 2. The number of nitrogens with zero attached hydrogens (tertiary/aromatic N) is 1. The first-order valence-corrected chi connectivity index (χ1v) is 18.2. The molecule has 1 aliphatic carbocycles. The Kier molecular flexibility index (Phi) is 4.91. The van der Waals surface area contributed by atoms with Crippen molar-refractivity contribution in [3.63, 3.8) is 0 Å². The van der Waals surface area contributed by atoms with E-state index >= 15 is 0 Å². The first-order chi connectivity index (χ1) is 25.8. The molecule has 0 fully saturated rings. The van der Waals surface area contributed by atoms with Gasteiger partial charge < -0.3 is 8.98 Å². The molecule has 13 rings (SSSR count). The Morgan fingerprint density at radius 2 is 1.10 bits per heavy atom. The third-order valence-electron chi connectivity index (χ3n) is 12.5. The van der Waals surface area contributed by atoms with Crippen molar-refractivity contribution in [1.82, 2.24) is 4.57 Å². The van der Waals surface area contributed by atoms with E-state index in [9.17, 15) is 0 Å². The molecule has 0 atom stereocenters. The Balaban J connectivity index is 1.11. The molecule has 52 heavy (non-hydrogen) atoms. The van der Waals surface area contributed by atoms with Crippen molar-refractivity contribution >= 4 is 66.8 Å². The summed E-state index contributed by atoms with van der Waals surface area (Å²) in [5, 5.41) is 4.82. The third kappa shape index (κ3) is 3.04. The first kappa shape index (κ1) is 27.2. The van der Waals surface area contributed by atoms with E-state index in [0.29, 0.717) is 0 Å². The van der Waals surface area contributed by atoms with Crippen LogP contribution in [0.1, 0.15) is 22.3 Å². The fourth-order valence-electron chi connectivity index (χ4n) is 10.7. The van der Waals surface area contributed by atoms with Crippen LogP contribution in [0.15, 0.2) is 174 Å². The molecule has 0 saturated heterocycles. The van der Waals surface area contributed by atoms with Crippen LogP contribution in [-0.4, -0.2) is 11.3 Å². The van der Waals surface area contributed by atoms with Crippen LogP contribution in [0, 0.1) is 0 Å². The molecular weight excluding hydrogens is 629 g/mol. The van der Waals surface area contributed by atoms with Crippen molar-refractivity contribution in [2.45, 2.75) is 5.41 Å². The SMILES string of the molecule is c1ccc2c(c1)B1c3ccc(-n4c5ccccc5c5c6c(ccc54)oc4ccccc46)cc3-c3cccc(c31)C21c2ccccc2-c2ccccc21. The molecule has 0 N–H and O–H groups in total. The zero-order valence-electron chi connectivity index (χ0n) is 28.1. The second-order valence-electron chi connectivity index (χ2n) is 14.7. The highest BCUT2D eigenvalue weighted by Crippen LogP contribution is 2.57. The van der Waals surface area contributed by atoms with Gasteiger partial charge in [0, 0.05) is 27.2 Å². The molecular formula is C49H28BNO. The summed E-state index contributed by atoms with van der Waals surface area (Å²) in [6, 6.07) is 63.4. The van der Waals surface area contributed by atoms with Gasteiger partial charge in [-0.3, -0.25) is 0 Å². The number of furan rings is 1. The summed E-state index contributed by atoms with van der Waals surface area (Å²) in [6.45, 7) is 0.173. The van der Waals surface area contributed by atoms with E-state index in [0.717, 1.165) is 16.6 Å². The van der Waals surface area contributed by atoms with Crippen LogP contribution in [-0.2, 0) is 5.41 Å². The number of rotatable bonds is 1. The van der Waals surface area contributed by atoms with E-state index in [4.69, 9.17) is 4.42 Å². The molecule has 4 heterocycles. The molecule has 10 aromatic rings. The molecule has 0 amide bonds. The standard InChI is InChI=1S/C49H28BNO/c1-5-17-36-30(12-1)31-13-2-6-18-37(31)49(36)38-19-7-8-21-41(38)50-40-25-24-29(28-35(40)32-16-11-20-39(49)48(32)50)51-42-22-9-3-14-33(42)46-43(51)26-27-45-47(46)34-15-4-10-23-44(34)52-45/h1-28H. The molecule has 2 aromatic heterocycles. The minimum absolute atomic E-state index is 0.173. The van der Waals surface area contributed by atoms with Gasteiger partial charge in [-0.25, -0.2) is 0 Å². The van der Waals surface area contributed by atoms with E-state index in [1.54, 1.807) is 0 Å². The van der Waals surface area contributed by atoms with E-state index in [-0.39, 0.29) is 12.1 Å². The second-order valence-corrected chi connectivity index (χ2v) is 14.7. The van der Waals surface area contributed by atoms with Crippen LogP contribution in [0.4, 0.5) is 0 Å². The number of aromatic nitrogens is 1. The lowest BCUT2D eigenvalue weighted by molar-refractivity contribution is 0.669. The van der Waals surface area contributed by atoms with Crippen molar-refractivity contribution in [1.29, 1.82) is 0 Å². The van der Waals surface area contributed by atoms with Gasteiger partial charge >= 0.3 is 0 Å². The lowest BCUT2D eigenvalue weighted by Gasteiger charge is -2.42. The van der Waals surface area contributed by atoms with Crippen LogP contribution in [0.5, 0.6) is 0 Å². The molecule has 3 heteroatoms. The van der Waals surface area contributed by atoms with Crippen LogP contribution in [0.25, 0.3) is 71.7 Å². The van der Waals surface area contributed by atoms with E-state index in [1.807, 2.05) is 6.07 Å². The van der Waals surface area contributed by atoms with E-state index in [1.165, 1.54) is 93.8 Å². The highest BCUT2D eigenvalue weighted by atomic mass is 16.3. The number of fused-ring (bicyclic) bond motifs is 19. The van der Waals surface area contributed by atoms with Crippen molar-refractivity contribution in [2.75, 3.05) is 0 Å². The molecule has 3 aliphatic rings. The predicted octanol–water partition coefficient (Wildman–Crippen LogP) is 9.86. The maximum Gasteiger partial charge on any atom is 0.243 e. The Bertz CT molecular complexity index is 3170. The first-order valence-electron chi connectivity index (χ1n) is 18.2. The minimum atomic E-state index is -0.373. The van der Waals surface area contributed by atoms with Crippen LogP contribution in [0.3, 0.4) is 0 Å². The summed E-state index contributed by atoms with van der Waals surface area (Å²) in [6.07, 6.45) is 0. The third-order valence-corrected chi connectivity index (χ3v) is 12.5. The van der Waals surface area contributed by atoms with Crippen LogP contribution in [0.2, 0.25) is 0 Å². The number of hydrogen-bond acceptors (Lipinski definition) is 1. The van der Waals surface area contributed by atoms with Gasteiger partial charge in [0.15, 0.2) is 0 Å². The Morgan fingerprint density at radius 1 is 0.423 bits per heavy atom. The quantitative estimate of drug-likeness (QED) is 0.161. The van der Waals surface area contributed by atoms with Gasteiger partial charge in [0.05, 0.1) is 16.4 Å². The fourth-order valence-corrected chi connectivity index (χ4v) is 10.7. The molecule has 0 radical (unpaired) electrons. The topological polar surface area (TPSA) is 18.1 Å². The molecule has 0 bridgehead atoms. The lowest BCUT2D eigenvalue weighted by atomic mass is 9.32. The number of benzene rings is 8. The monoisotopic (exact) mass is 657 g/mol. The van der Waals surface area contributed by atoms with E-state index in [2.05, 4.69) is 168 Å². The largest absolute Gasteiger partial charge is 0.456 e. The van der Waals surface area contributed by atoms with Gasteiger partial charge in [-0.05, 0) is 80.9 Å². The zero-order valence-corrected chi connectivity index (χ0v) is 28.1. The molecule has 0 saturated carbocycles. The summed E-state index contributed by atoms with van der Waals surface area (Å²) in [5.74, 6) is 0. The summed E-state index contributed by atoms with van der Waals surface area (Å²) in [7, 11) is 0. The van der Waals surface area contributed by atoms with Crippen molar-refractivity contribution in [3.05, 3.63) is 192 Å². The summed E-state index contributed by atoms with van der Waals surface area (Å²) in [4.78, 5) is 0.